The maximum atomic E-state index is 11.2. The van der Waals surface area contributed by atoms with Crippen molar-refractivity contribution in [1.29, 1.82) is 0 Å². The van der Waals surface area contributed by atoms with E-state index in [2.05, 4.69) is 23.7 Å². The lowest BCUT2D eigenvalue weighted by Crippen LogP contribution is -2.03. The third-order valence-electron chi connectivity index (χ3n) is 4.09. The first-order valence-electron chi connectivity index (χ1n) is 10.1. The zero-order valence-corrected chi connectivity index (χ0v) is 18.7. The van der Waals surface area contributed by atoms with Gasteiger partial charge in [-0.1, -0.05) is 48.2 Å². The number of para-hydroxylation sites is 2. The summed E-state index contributed by atoms with van der Waals surface area (Å²) >= 11 is 1.68. The average Bonchev–Trinajstić information content (AvgIpc) is 2.73. The number of hydrogen-bond acceptors (Lipinski definition) is 5. The molecule has 0 radical (unpaired) electrons. The van der Waals surface area contributed by atoms with Gasteiger partial charge in [-0.2, -0.15) is 0 Å². The number of carbonyl (C=O) groups is 2. The van der Waals surface area contributed by atoms with Crippen LogP contribution in [0.4, 0.5) is 0 Å². The molecule has 0 spiro atoms. The van der Waals surface area contributed by atoms with Crippen LogP contribution in [0.15, 0.2) is 48.5 Å². The van der Waals surface area contributed by atoms with Gasteiger partial charge < -0.3 is 9.47 Å². The van der Waals surface area contributed by atoms with Gasteiger partial charge in [-0.05, 0) is 36.1 Å². The lowest BCUT2D eigenvalue weighted by molar-refractivity contribution is -0.132. The second kappa shape index (κ2) is 14.0. The van der Waals surface area contributed by atoms with Crippen LogP contribution in [-0.2, 0) is 22.4 Å². The second-order valence-corrected chi connectivity index (χ2v) is 7.59. The fourth-order valence-corrected chi connectivity index (χ4v) is 3.27. The Labute approximate surface area is 188 Å². The van der Waals surface area contributed by atoms with Crippen LogP contribution in [0.25, 0.3) is 0 Å². The van der Waals surface area contributed by atoms with Crippen molar-refractivity contribution in [2.45, 2.75) is 39.5 Å². The number of aryl methyl sites for hydroxylation is 2. The van der Waals surface area contributed by atoms with Crippen LogP contribution in [0.1, 0.15) is 37.8 Å². The van der Waals surface area contributed by atoms with Crippen LogP contribution in [0.2, 0.25) is 0 Å². The minimum absolute atomic E-state index is 0.315. The van der Waals surface area contributed by atoms with Crippen molar-refractivity contribution >= 4 is 23.7 Å². The smallest absolute Gasteiger partial charge is 0.308 e. The molecule has 0 aliphatic rings. The van der Waals surface area contributed by atoms with Crippen LogP contribution >= 0.6 is 11.8 Å². The van der Waals surface area contributed by atoms with Crippen LogP contribution in [0, 0.1) is 23.7 Å². The molecule has 2 aromatic rings. The van der Waals surface area contributed by atoms with Gasteiger partial charge in [-0.15, -0.1) is 23.6 Å². The maximum Gasteiger partial charge on any atom is 0.308 e. The number of rotatable bonds is 8. The molecule has 5 heteroatoms. The van der Waals surface area contributed by atoms with Gasteiger partial charge in [0.05, 0.1) is 11.5 Å². The Balaban J connectivity index is 1.64. The molecule has 0 aromatic heterocycles. The summed E-state index contributed by atoms with van der Waals surface area (Å²) in [6.07, 6.45) is 2.92. The van der Waals surface area contributed by atoms with E-state index in [4.69, 9.17) is 9.47 Å². The molecular formula is C26H26O4S. The van der Waals surface area contributed by atoms with Crippen molar-refractivity contribution in [2.75, 3.05) is 11.5 Å². The van der Waals surface area contributed by atoms with E-state index in [0.29, 0.717) is 24.3 Å². The molecule has 0 bridgehead atoms. The van der Waals surface area contributed by atoms with Crippen molar-refractivity contribution in [3.05, 3.63) is 59.7 Å². The predicted molar refractivity (Wildman–Crippen MR) is 125 cm³/mol. The van der Waals surface area contributed by atoms with Crippen molar-refractivity contribution in [3.8, 4) is 35.2 Å². The summed E-state index contributed by atoms with van der Waals surface area (Å²) in [4.78, 5) is 22.3. The Morgan fingerprint density at radius 1 is 0.710 bits per heavy atom. The summed E-state index contributed by atoms with van der Waals surface area (Å²) < 4.78 is 10.4. The summed E-state index contributed by atoms with van der Waals surface area (Å²) in [6.45, 7) is 2.80. The summed E-state index contributed by atoms with van der Waals surface area (Å²) in [6, 6.07) is 15.1. The molecule has 2 aromatic carbocycles. The van der Waals surface area contributed by atoms with Gasteiger partial charge in [0.15, 0.2) is 0 Å². The Hall–Kier alpha value is -3.15. The molecule has 31 heavy (non-hydrogen) atoms. The maximum absolute atomic E-state index is 11.2. The Morgan fingerprint density at radius 2 is 1.13 bits per heavy atom. The molecule has 0 fully saturated rings. The predicted octanol–water partition coefficient (Wildman–Crippen LogP) is 4.84. The lowest BCUT2D eigenvalue weighted by Gasteiger charge is -2.06. The Kier molecular flexibility index (Phi) is 10.9. The van der Waals surface area contributed by atoms with Gasteiger partial charge in [0, 0.05) is 26.7 Å². The SMILES string of the molecule is CC(=O)Oc1ccccc1CCC#CCSCC#CCCc1ccccc1OC(C)=O. The minimum atomic E-state index is -0.315. The average molecular weight is 435 g/mol. The minimum Gasteiger partial charge on any atom is -0.426 e. The first kappa shape index (κ1) is 24.1. The molecule has 2 rings (SSSR count). The quantitative estimate of drug-likeness (QED) is 0.257. The third kappa shape index (κ3) is 9.94. The zero-order valence-electron chi connectivity index (χ0n) is 17.9. The van der Waals surface area contributed by atoms with Gasteiger partial charge >= 0.3 is 11.9 Å². The van der Waals surface area contributed by atoms with Crippen LogP contribution < -0.4 is 9.47 Å². The number of hydrogen-bond donors (Lipinski definition) is 0. The molecule has 0 N–H and O–H groups in total. The van der Waals surface area contributed by atoms with Gasteiger partial charge in [0.2, 0.25) is 0 Å². The largest absolute Gasteiger partial charge is 0.426 e. The molecule has 0 saturated heterocycles. The number of carbonyl (C=O) groups excluding carboxylic acids is 2. The van der Waals surface area contributed by atoms with Gasteiger partial charge in [0.1, 0.15) is 11.5 Å². The molecule has 0 saturated carbocycles. The summed E-state index contributed by atoms with van der Waals surface area (Å²) in [5.41, 5.74) is 1.97. The highest BCUT2D eigenvalue weighted by Gasteiger charge is 2.05. The normalized spacial score (nSPS) is 9.61. The lowest BCUT2D eigenvalue weighted by atomic mass is 10.1. The standard InChI is InChI=1S/C26H26O4S/c1-21(27)29-25-17-9-7-15-23(25)13-5-3-11-19-31-20-12-4-6-14-24-16-8-10-18-26(24)30-22(2)28/h7-10,15-18H,5-6,13-14,19-20H2,1-2H3. The highest BCUT2D eigenvalue weighted by atomic mass is 32.2. The van der Waals surface area contributed by atoms with E-state index in [-0.39, 0.29) is 11.9 Å². The number of benzene rings is 2. The van der Waals surface area contributed by atoms with E-state index in [1.807, 2.05) is 36.4 Å². The number of esters is 2. The van der Waals surface area contributed by atoms with Gasteiger partial charge in [-0.25, -0.2) is 0 Å². The summed E-state index contributed by atoms with van der Waals surface area (Å²) in [7, 11) is 0. The number of ether oxygens (including phenoxy) is 2. The number of thioether (sulfide) groups is 1. The van der Waals surface area contributed by atoms with Crippen molar-refractivity contribution in [3.63, 3.8) is 0 Å². The van der Waals surface area contributed by atoms with E-state index in [1.54, 1.807) is 23.9 Å². The van der Waals surface area contributed by atoms with Crippen molar-refractivity contribution < 1.29 is 19.1 Å². The fraction of sp³-hybridized carbons (Fsp3) is 0.308. The van der Waals surface area contributed by atoms with E-state index in [1.165, 1.54) is 13.8 Å². The summed E-state index contributed by atoms with van der Waals surface area (Å²) in [5, 5.41) is 0. The molecule has 0 atom stereocenters. The van der Waals surface area contributed by atoms with Crippen LogP contribution in [-0.4, -0.2) is 23.4 Å². The summed E-state index contributed by atoms with van der Waals surface area (Å²) in [5.74, 6) is 14.7. The molecule has 4 nitrogen and oxygen atoms in total. The topological polar surface area (TPSA) is 52.6 Å². The third-order valence-corrected chi connectivity index (χ3v) is 4.79. The molecule has 0 heterocycles. The van der Waals surface area contributed by atoms with E-state index < -0.39 is 0 Å². The first-order chi connectivity index (χ1) is 15.1. The highest BCUT2D eigenvalue weighted by molar-refractivity contribution is 7.99. The first-order valence-corrected chi connectivity index (χ1v) is 11.2. The monoisotopic (exact) mass is 434 g/mol. The fourth-order valence-electron chi connectivity index (χ4n) is 2.76. The van der Waals surface area contributed by atoms with E-state index >= 15 is 0 Å². The molecule has 0 unspecified atom stereocenters. The van der Waals surface area contributed by atoms with Crippen LogP contribution in [0.5, 0.6) is 11.5 Å². The molecule has 0 amide bonds. The molecule has 0 aliphatic heterocycles. The highest BCUT2D eigenvalue weighted by Crippen LogP contribution is 2.20. The van der Waals surface area contributed by atoms with Crippen molar-refractivity contribution in [1.82, 2.24) is 0 Å². The second-order valence-electron chi connectivity index (χ2n) is 6.60. The van der Waals surface area contributed by atoms with Crippen molar-refractivity contribution in [2.24, 2.45) is 0 Å². The molecule has 0 aliphatic carbocycles. The molecule has 160 valence electrons. The van der Waals surface area contributed by atoms with Gasteiger partial charge in [0.25, 0.3) is 0 Å². The zero-order chi connectivity index (χ0) is 22.3. The van der Waals surface area contributed by atoms with E-state index in [9.17, 15) is 9.59 Å². The van der Waals surface area contributed by atoms with Gasteiger partial charge in [-0.3, -0.25) is 9.59 Å². The Bertz CT molecular complexity index is 924. The Morgan fingerprint density at radius 3 is 1.55 bits per heavy atom. The van der Waals surface area contributed by atoms with E-state index in [0.717, 1.165) is 35.5 Å². The molecular weight excluding hydrogens is 408 g/mol. The van der Waals surface area contributed by atoms with Crippen LogP contribution in [0.3, 0.4) is 0 Å².